The van der Waals surface area contributed by atoms with E-state index in [1.54, 1.807) is 0 Å². The van der Waals surface area contributed by atoms with Crippen molar-refractivity contribution in [2.45, 2.75) is 46.1 Å². The van der Waals surface area contributed by atoms with Gasteiger partial charge in [-0.05, 0) is 25.7 Å². The summed E-state index contributed by atoms with van der Waals surface area (Å²) in [5, 5.41) is 2.98. The van der Waals surface area contributed by atoms with E-state index in [1.165, 1.54) is 0 Å². The number of amides is 1. The van der Waals surface area contributed by atoms with E-state index in [4.69, 9.17) is 9.47 Å². The summed E-state index contributed by atoms with van der Waals surface area (Å²) in [4.78, 5) is 14.1. The van der Waals surface area contributed by atoms with Gasteiger partial charge in [-0.25, -0.2) is 0 Å². The van der Waals surface area contributed by atoms with E-state index in [2.05, 4.69) is 24.1 Å². The van der Waals surface area contributed by atoms with Crippen LogP contribution in [-0.4, -0.2) is 62.9 Å². The van der Waals surface area contributed by atoms with Crippen LogP contribution in [0.25, 0.3) is 0 Å². The van der Waals surface area contributed by atoms with Crippen molar-refractivity contribution in [2.75, 3.05) is 46.0 Å². The van der Waals surface area contributed by atoms with Gasteiger partial charge in [-0.2, -0.15) is 0 Å². The molecule has 0 aromatic carbocycles. The standard InChI is InChI=1S/C16H32N2O3/c1-14(2)6-11-21-15(3)4-5-16(19)17-7-8-18-9-12-20-13-10-18/h14-15H,4-13H2,1-3H3,(H,17,19). The Labute approximate surface area is 129 Å². The maximum atomic E-state index is 11.8. The number of rotatable bonds is 10. The summed E-state index contributed by atoms with van der Waals surface area (Å²) in [5.41, 5.74) is 0. The van der Waals surface area contributed by atoms with Crippen molar-refractivity contribution >= 4 is 5.91 Å². The molecule has 1 aliphatic heterocycles. The minimum atomic E-state index is 0.127. The number of nitrogens with zero attached hydrogens (tertiary/aromatic N) is 1. The summed E-state index contributed by atoms with van der Waals surface area (Å²) in [6, 6.07) is 0. The predicted octanol–water partition coefficient (Wildman–Crippen LogP) is 1.67. The molecule has 1 rings (SSSR count). The summed E-state index contributed by atoms with van der Waals surface area (Å²) in [5.74, 6) is 0.795. The fraction of sp³-hybridized carbons (Fsp3) is 0.938. The maximum Gasteiger partial charge on any atom is 0.220 e. The van der Waals surface area contributed by atoms with Crippen LogP contribution in [0.2, 0.25) is 0 Å². The second-order valence-corrected chi connectivity index (χ2v) is 6.21. The van der Waals surface area contributed by atoms with Gasteiger partial charge in [0.05, 0.1) is 19.3 Å². The van der Waals surface area contributed by atoms with Gasteiger partial charge in [0, 0.05) is 39.2 Å². The number of ether oxygens (including phenoxy) is 2. The van der Waals surface area contributed by atoms with Gasteiger partial charge in [0.2, 0.25) is 5.91 Å². The first-order valence-electron chi connectivity index (χ1n) is 8.26. The lowest BCUT2D eigenvalue weighted by atomic mass is 10.1. The molecule has 0 bridgehead atoms. The van der Waals surface area contributed by atoms with Gasteiger partial charge in [0.25, 0.3) is 0 Å². The largest absolute Gasteiger partial charge is 0.379 e. The molecule has 1 heterocycles. The molecule has 1 unspecified atom stereocenters. The number of nitrogens with one attached hydrogen (secondary N) is 1. The fourth-order valence-electron chi connectivity index (χ4n) is 2.19. The molecule has 1 atom stereocenters. The molecule has 0 aromatic heterocycles. The smallest absolute Gasteiger partial charge is 0.220 e. The van der Waals surface area contributed by atoms with Crippen molar-refractivity contribution in [1.29, 1.82) is 0 Å². The average Bonchev–Trinajstić information content (AvgIpc) is 2.46. The Hall–Kier alpha value is -0.650. The Kier molecular flexibility index (Phi) is 9.63. The number of hydrogen-bond acceptors (Lipinski definition) is 4. The molecule has 0 radical (unpaired) electrons. The van der Waals surface area contributed by atoms with Crippen molar-refractivity contribution in [3.05, 3.63) is 0 Å². The van der Waals surface area contributed by atoms with Gasteiger partial charge in [-0.3, -0.25) is 9.69 Å². The van der Waals surface area contributed by atoms with Crippen LogP contribution in [0.15, 0.2) is 0 Å². The van der Waals surface area contributed by atoms with Crippen LogP contribution in [0.1, 0.15) is 40.0 Å². The maximum absolute atomic E-state index is 11.8. The van der Waals surface area contributed by atoms with Crippen molar-refractivity contribution < 1.29 is 14.3 Å². The van der Waals surface area contributed by atoms with E-state index >= 15 is 0 Å². The van der Waals surface area contributed by atoms with Crippen molar-refractivity contribution in [3.8, 4) is 0 Å². The van der Waals surface area contributed by atoms with E-state index in [-0.39, 0.29) is 12.0 Å². The molecule has 1 N–H and O–H groups in total. The van der Waals surface area contributed by atoms with Gasteiger partial charge in [-0.1, -0.05) is 13.8 Å². The Balaban J connectivity index is 1.97. The number of carbonyl (C=O) groups excluding carboxylic acids is 1. The van der Waals surface area contributed by atoms with Crippen molar-refractivity contribution in [2.24, 2.45) is 5.92 Å². The van der Waals surface area contributed by atoms with Crippen molar-refractivity contribution in [3.63, 3.8) is 0 Å². The van der Waals surface area contributed by atoms with Crippen LogP contribution in [0.3, 0.4) is 0 Å². The molecule has 1 aliphatic rings. The Morgan fingerprint density at radius 3 is 2.62 bits per heavy atom. The average molecular weight is 300 g/mol. The first-order valence-corrected chi connectivity index (χ1v) is 8.26. The molecule has 0 saturated carbocycles. The summed E-state index contributed by atoms with van der Waals surface area (Å²) in [7, 11) is 0. The number of carbonyl (C=O) groups is 1. The molecular weight excluding hydrogens is 268 g/mol. The molecule has 0 aliphatic carbocycles. The highest BCUT2D eigenvalue weighted by Crippen LogP contribution is 2.05. The third-order valence-electron chi connectivity index (χ3n) is 3.73. The Bertz CT molecular complexity index is 279. The molecule has 1 saturated heterocycles. The van der Waals surface area contributed by atoms with E-state index in [1.807, 2.05) is 6.92 Å². The van der Waals surface area contributed by atoms with Crippen molar-refractivity contribution in [1.82, 2.24) is 10.2 Å². The molecule has 21 heavy (non-hydrogen) atoms. The first-order chi connectivity index (χ1) is 10.1. The highest BCUT2D eigenvalue weighted by atomic mass is 16.5. The monoisotopic (exact) mass is 300 g/mol. The van der Waals surface area contributed by atoms with Gasteiger partial charge in [-0.15, -0.1) is 0 Å². The van der Waals surface area contributed by atoms with E-state index < -0.39 is 0 Å². The summed E-state index contributed by atoms with van der Waals surface area (Å²) in [6.07, 6.45) is 2.58. The molecule has 1 fully saturated rings. The zero-order chi connectivity index (χ0) is 15.5. The molecule has 0 aromatic rings. The number of hydrogen-bond donors (Lipinski definition) is 1. The minimum absolute atomic E-state index is 0.127. The van der Waals surface area contributed by atoms with E-state index in [0.29, 0.717) is 12.3 Å². The number of morpholine rings is 1. The van der Waals surface area contributed by atoms with Gasteiger partial charge in [0.1, 0.15) is 0 Å². The highest BCUT2D eigenvalue weighted by Gasteiger charge is 2.11. The van der Waals surface area contributed by atoms with E-state index in [9.17, 15) is 4.79 Å². The zero-order valence-corrected chi connectivity index (χ0v) is 13.9. The molecule has 0 spiro atoms. The van der Waals surface area contributed by atoms with Crippen LogP contribution in [0, 0.1) is 5.92 Å². The lowest BCUT2D eigenvalue weighted by Gasteiger charge is -2.26. The quantitative estimate of drug-likeness (QED) is 0.667. The van der Waals surface area contributed by atoms with Gasteiger partial charge in [0.15, 0.2) is 0 Å². The molecule has 124 valence electrons. The fourth-order valence-corrected chi connectivity index (χ4v) is 2.19. The predicted molar refractivity (Wildman–Crippen MR) is 84.4 cm³/mol. The first kappa shape index (κ1) is 18.4. The molecule has 5 nitrogen and oxygen atoms in total. The Morgan fingerprint density at radius 1 is 1.24 bits per heavy atom. The molecule has 1 amide bonds. The lowest BCUT2D eigenvalue weighted by molar-refractivity contribution is -0.121. The summed E-state index contributed by atoms with van der Waals surface area (Å²) < 4.78 is 11.0. The Morgan fingerprint density at radius 2 is 1.95 bits per heavy atom. The van der Waals surface area contributed by atoms with Gasteiger partial charge >= 0.3 is 0 Å². The normalized spacial score (nSPS) is 17.9. The third-order valence-corrected chi connectivity index (χ3v) is 3.73. The second-order valence-electron chi connectivity index (χ2n) is 6.21. The van der Waals surface area contributed by atoms with Crippen LogP contribution in [0.4, 0.5) is 0 Å². The SMILES string of the molecule is CC(C)CCOC(C)CCC(=O)NCCN1CCOCC1. The summed E-state index contributed by atoms with van der Waals surface area (Å²) >= 11 is 0. The molecule has 5 heteroatoms. The van der Waals surface area contributed by atoms with Crippen LogP contribution >= 0.6 is 0 Å². The second kappa shape index (κ2) is 11.0. The minimum Gasteiger partial charge on any atom is -0.379 e. The summed E-state index contributed by atoms with van der Waals surface area (Å²) in [6.45, 7) is 12.4. The van der Waals surface area contributed by atoms with Crippen LogP contribution in [-0.2, 0) is 14.3 Å². The third kappa shape index (κ3) is 9.82. The zero-order valence-electron chi connectivity index (χ0n) is 13.9. The molecular formula is C16H32N2O3. The van der Waals surface area contributed by atoms with E-state index in [0.717, 1.165) is 58.8 Å². The topological polar surface area (TPSA) is 50.8 Å². The van der Waals surface area contributed by atoms with Gasteiger partial charge < -0.3 is 14.8 Å². The lowest BCUT2D eigenvalue weighted by Crippen LogP contribution is -2.41. The van der Waals surface area contributed by atoms with Crippen LogP contribution in [0.5, 0.6) is 0 Å². The van der Waals surface area contributed by atoms with Crippen LogP contribution < -0.4 is 5.32 Å². The highest BCUT2D eigenvalue weighted by molar-refractivity contribution is 5.75.